The van der Waals surface area contributed by atoms with Gasteiger partial charge in [-0.1, -0.05) is 40.2 Å². The van der Waals surface area contributed by atoms with E-state index in [4.69, 9.17) is 0 Å². The van der Waals surface area contributed by atoms with Crippen LogP contribution in [-0.4, -0.2) is 10.9 Å². The van der Waals surface area contributed by atoms with E-state index in [9.17, 15) is 4.79 Å². The number of hydrogen-bond donors (Lipinski definition) is 2. The first-order valence-corrected chi connectivity index (χ1v) is 7.21. The Labute approximate surface area is 124 Å². The Balaban J connectivity index is 2.14. The Morgan fingerprint density at radius 2 is 1.90 bits per heavy atom. The van der Waals surface area contributed by atoms with E-state index < -0.39 is 0 Å². The van der Waals surface area contributed by atoms with Crippen molar-refractivity contribution in [2.24, 2.45) is 0 Å². The summed E-state index contributed by atoms with van der Waals surface area (Å²) in [6.45, 7) is 0. The maximum atomic E-state index is 12.1. The second kappa shape index (κ2) is 4.21. The lowest BCUT2D eigenvalue weighted by Crippen LogP contribution is -2.12. The van der Waals surface area contributed by atoms with Crippen molar-refractivity contribution in [2.45, 2.75) is 6.42 Å². The number of halogens is 1. The van der Waals surface area contributed by atoms with Gasteiger partial charge in [-0.3, -0.25) is 4.79 Å². The van der Waals surface area contributed by atoms with Crippen LogP contribution in [0.1, 0.15) is 5.56 Å². The Bertz CT molecular complexity index is 851. The molecule has 2 aromatic carbocycles. The molecule has 0 saturated carbocycles. The van der Waals surface area contributed by atoms with Crippen LogP contribution in [0, 0.1) is 0 Å². The highest BCUT2D eigenvalue weighted by Gasteiger charge is 2.23. The van der Waals surface area contributed by atoms with Gasteiger partial charge in [-0.15, -0.1) is 0 Å². The molecule has 0 spiro atoms. The van der Waals surface area contributed by atoms with Crippen LogP contribution in [0.25, 0.3) is 22.2 Å². The standard InChI is InChI=1S/C16H11BrN2O/c17-11-5-3-7-13-15(11)16-10(8-14(20)18-13)9-4-1-2-6-12(9)19-16/h1-7,19H,8H2,(H,18,20). The van der Waals surface area contributed by atoms with E-state index in [2.05, 4.69) is 32.3 Å². The highest BCUT2D eigenvalue weighted by Crippen LogP contribution is 2.41. The van der Waals surface area contributed by atoms with Crippen LogP contribution in [0.15, 0.2) is 46.9 Å². The van der Waals surface area contributed by atoms with Gasteiger partial charge >= 0.3 is 0 Å². The lowest BCUT2D eigenvalue weighted by atomic mass is 10.0. The van der Waals surface area contributed by atoms with Crippen LogP contribution >= 0.6 is 15.9 Å². The first-order chi connectivity index (χ1) is 9.74. The van der Waals surface area contributed by atoms with Crippen molar-refractivity contribution in [3.05, 3.63) is 52.5 Å². The number of carbonyl (C=O) groups is 1. The molecule has 4 heteroatoms. The van der Waals surface area contributed by atoms with E-state index in [1.807, 2.05) is 36.4 Å². The first kappa shape index (κ1) is 11.7. The molecule has 0 fully saturated rings. The predicted molar refractivity (Wildman–Crippen MR) is 83.8 cm³/mol. The Hall–Kier alpha value is -2.07. The van der Waals surface area contributed by atoms with Crippen LogP contribution in [0.3, 0.4) is 0 Å². The van der Waals surface area contributed by atoms with Crippen LogP contribution in [-0.2, 0) is 11.2 Å². The largest absolute Gasteiger partial charge is 0.354 e. The summed E-state index contributed by atoms with van der Waals surface area (Å²) in [6, 6.07) is 13.9. The zero-order valence-corrected chi connectivity index (χ0v) is 12.1. The van der Waals surface area contributed by atoms with E-state index >= 15 is 0 Å². The molecular formula is C16H11BrN2O. The average molecular weight is 327 g/mol. The molecule has 4 rings (SSSR count). The third-order valence-corrected chi connectivity index (χ3v) is 4.35. The van der Waals surface area contributed by atoms with Crippen molar-refractivity contribution in [3.8, 4) is 11.3 Å². The second-order valence-corrected chi connectivity index (χ2v) is 5.77. The minimum Gasteiger partial charge on any atom is -0.354 e. The van der Waals surface area contributed by atoms with Gasteiger partial charge in [-0.05, 0) is 23.8 Å². The zero-order valence-electron chi connectivity index (χ0n) is 10.5. The molecule has 2 N–H and O–H groups in total. The molecule has 1 aromatic heterocycles. The third kappa shape index (κ3) is 1.61. The second-order valence-electron chi connectivity index (χ2n) is 4.91. The van der Waals surface area contributed by atoms with E-state index in [-0.39, 0.29) is 5.91 Å². The maximum absolute atomic E-state index is 12.1. The number of fused-ring (bicyclic) bond motifs is 5. The average Bonchev–Trinajstić information content (AvgIpc) is 2.70. The quantitative estimate of drug-likeness (QED) is 0.642. The molecule has 20 heavy (non-hydrogen) atoms. The summed E-state index contributed by atoms with van der Waals surface area (Å²) in [7, 11) is 0. The van der Waals surface area contributed by atoms with Crippen molar-refractivity contribution >= 4 is 38.4 Å². The van der Waals surface area contributed by atoms with Crippen molar-refractivity contribution < 1.29 is 4.79 Å². The molecule has 0 unspecified atom stereocenters. The van der Waals surface area contributed by atoms with Crippen LogP contribution < -0.4 is 5.32 Å². The van der Waals surface area contributed by atoms with Crippen molar-refractivity contribution in [2.75, 3.05) is 5.32 Å². The monoisotopic (exact) mass is 326 g/mol. The summed E-state index contributed by atoms with van der Waals surface area (Å²) >= 11 is 3.59. The third-order valence-electron chi connectivity index (χ3n) is 3.69. The molecule has 3 nitrogen and oxygen atoms in total. The van der Waals surface area contributed by atoms with Gasteiger partial charge in [0.2, 0.25) is 5.91 Å². The molecule has 1 amide bonds. The Morgan fingerprint density at radius 3 is 2.80 bits per heavy atom. The zero-order chi connectivity index (χ0) is 13.7. The van der Waals surface area contributed by atoms with E-state index in [0.717, 1.165) is 37.9 Å². The van der Waals surface area contributed by atoms with E-state index in [1.54, 1.807) is 0 Å². The summed E-state index contributed by atoms with van der Waals surface area (Å²) in [5, 5.41) is 4.08. The molecule has 98 valence electrons. The molecule has 2 heterocycles. The number of aromatic nitrogens is 1. The van der Waals surface area contributed by atoms with E-state index in [0.29, 0.717) is 6.42 Å². The molecule has 0 atom stereocenters. The Morgan fingerprint density at radius 1 is 1.05 bits per heavy atom. The van der Waals surface area contributed by atoms with Crippen LogP contribution in [0.4, 0.5) is 5.69 Å². The van der Waals surface area contributed by atoms with Gasteiger partial charge in [0.15, 0.2) is 0 Å². The highest BCUT2D eigenvalue weighted by atomic mass is 79.9. The van der Waals surface area contributed by atoms with Gasteiger partial charge in [-0.2, -0.15) is 0 Å². The minimum atomic E-state index is 0.0212. The number of para-hydroxylation sites is 1. The fraction of sp³-hybridized carbons (Fsp3) is 0.0625. The van der Waals surface area contributed by atoms with Gasteiger partial charge in [-0.25, -0.2) is 0 Å². The summed E-state index contributed by atoms with van der Waals surface area (Å²) < 4.78 is 0.977. The van der Waals surface area contributed by atoms with Gasteiger partial charge in [0.05, 0.1) is 17.8 Å². The lowest BCUT2D eigenvalue weighted by molar-refractivity contribution is -0.115. The van der Waals surface area contributed by atoms with Gasteiger partial charge in [0.1, 0.15) is 0 Å². The Kier molecular flexibility index (Phi) is 2.47. The fourth-order valence-corrected chi connectivity index (χ4v) is 3.40. The highest BCUT2D eigenvalue weighted by molar-refractivity contribution is 9.10. The normalized spacial score (nSPS) is 13.6. The number of rotatable bonds is 0. The molecule has 1 aliphatic rings. The van der Waals surface area contributed by atoms with Crippen molar-refractivity contribution in [3.63, 3.8) is 0 Å². The first-order valence-electron chi connectivity index (χ1n) is 6.42. The molecular weight excluding hydrogens is 316 g/mol. The number of carbonyl (C=O) groups excluding carboxylic acids is 1. The van der Waals surface area contributed by atoms with Gasteiger partial charge in [0.25, 0.3) is 0 Å². The SMILES string of the molecule is O=C1Cc2c([nH]c3ccccc23)-c2c(Br)cccc2N1. The predicted octanol–water partition coefficient (Wildman–Crippen LogP) is 4.09. The molecule has 0 saturated heterocycles. The molecule has 0 bridgehead atoms. The van der Waals surface area contributed by atoms with E-state index in [1.165, 1.54) is 0 Å². The number of amides is 1. The van der Waals surface area contributed by atoms with Crippen molar-refractivity contribution in [1.29, 1.82) is 0 Å². The molecule has 0 aliphatic carbocycles. The number of benzene rings is 2. The van der Waals surface area contributed by atoms with Crippen molar-refractivity contribution in [1.82, 2.24) is 4.98 Å². The van der Waals surface area contributed by atoms with Crippen LogP contribution in [0.5, 0.6) is 0 Å². The smallest absolute Gasteiger partial charge is 0.228 e. The summed E-state index contributed by atoms with van der Waals surface area (Å²) in [5.41, 5.74) is 5.00. The summed E-state index contributed by atoms with van der Waals surface area (Å²) in [5.74, 6) is 0.0212. The number of H-pyrrole nitrogens is 1. The van der Waals surface area contributed by atoms with Gasteiger partial charge in [0, 0.05) is 20.9 Å². The molecule has 3 aromatic rings. The molecule has 0 radical (unpaired) electrons. The molecule has 1 aliphatic heterocycles. The van der Waals surface area contributed by atoms with Gasteiger partial charge < -0.3 is 10.3 Å². The lowest BCUT2D eigenvalue weighted by Gasteiger charge is -2.08. The number of anilines is 1. The minimum absolute atomic E-state index is 0.0212. The topological polar surface area (TPSA) is 44.9 Å². The summed E-state index contributed by atoms with van der Waals surface area (Å²) in [4.78, 5) is 15.6. The number of hydrogen-bond acceptors (Lipinski definition) is 1. The van der Waals surface area contributed by atoms with Crippen LogP contribution in [0.2, 0.25) is 0 Å². The maximum Gasteiger partial charge on any atom is 0.228 e. The number of aromatic amines is 1. The summed E-state index contributed by atoms with van der Waals surface area (Å²) in [6.07, 6.45) is 0.389. The fourth-order valence-electron chi connectivity index (χ4n) is 2.83. The number of nitrogens with one attached hydrogen (secondary N) is 2.